The first-order chi connectivity index (χ1) is 8.65. The van der Waals surface area contributed by atoms with E-state index in [-0.39, 0.29) is 11.1 Å². The molecule has 2 heterocycles. The van der Waals surface area contributed by atoms with Crippen LogP contribution in [-0.2, 0) is 0 Å². The second kappa shape index (κ2) is 3.85. The van der Waals surface area contributed by atoms with Crippen LogP contribution >= 0.6 is 11.6 Å². The van der Waals surface area contributed by atoms with Gasteiger partial charge < -0.3 is 9.51 Å². The zero-order valence-electron chi connectivity index (χ0n) is 8.86. The summed E-state index contributed by atoms with van der Waals surface area (Å²) >= 11 is 5.79. The Morgan fingerprint density at radius 2 is 1.83 bits per heavy atom. The van der Waals surface area contributed by atoms with Crippen molar-refractivity contribution in [1.29, 1.82) is 0 Å². The molecule has 0 aliphatic rings. The van der Waals surface area contributed by atoms with E-state index in [4.69, 9.17) is 16.1 Å². The third kappa shape index (κ3) is 1.63. The first kappa shape index (κ1) is 10.8. The van der Waals surface area contributed by atoms with E-state index < -0.39 is 11.2 Å². The second-order valence-corrected chi connectivity index (χ2v) is 4.09. The first-order valence-electron chi connectivity index (χ1n) is 5.03. The summed E-state index contributed by atoms with van der Waals surface area (Å²) < 4.78 is 4.92. The fourth-order valence-corrected chi connectivity index (χ4v) is 1.80. The summed E-state index contributed by atoms with van der Waals surface area (Å²) in [7, 11) is 0. The van der Waals surface area contributed by atoms with E-state index in [0.29, 0.717) is 16.3 Å². The van der Waals surface area contributed by atoms with E-state index in [1.807, 2.05) is 0 Å². The van der Waals surface area contributed by atoms with E-state index in [0.717, 1.165) is 0 Å². The summed E-state index contributed by atoms with van der Waals surface area (Å²) in [6.07, 6.45) is 0. The molecule has 3 aromatic rings. The van der Waals surface area contributed by atoms with Gasteiger partial charge in [-0.3, -0.25) is 9.78 Å². The number of halogens is 1. The number of hydrogen-bond acceptors (Lipinski definition) is 4. The fourth-order valence-electron chi connectivity index (χ4n) is 1.67. The van der Waals surface area contributed by atoms with Crippen LogP contribution in [0.25, 0.3) is 22.4 Å². The highest BCUT2D eigenvalue weighted by Gasteiger charge is 2.14. The van der Waals surface area contributed by atoms with Crippen LogP contribution in [0.5, 0.6) is 0 Å². The van der Waals surface area contributed by atoms with Gasteiger partial charge in [-0.15, -0.1) is 0 Å². The molecule has 2 aromatic heterocycles. The Morgan fingerprint density at radius 1 is 1.11 bits per heavy atom. The number of H-pyrrole nitrogens is 2. The Morgan fingerprint density at radius 3 is 2.56 bits per heavy atom. The van der Waals surface area contributed by atoms with Gasteiger partial charge in [-0.25, -0.2) is 4.79 Å². The summed E-state index contributed by atoms with van der Waals surface area (Å²) in [4.78, 5) is 27.3. The smallest absolute Gasteiger partial charge is 0.326 e. The molecule has 0 spiro atoms. The average Bonchev–Trinajstić information content (AvgIpc) is 2.74. The van der Waals surface area contributed by atoms with Crippen molar-refractivity contribution in [3.63, 3.8) is 0 Å². The van der Waals surface area contributed by atoms with Crippen LogP contribution < -0.4 is 11.2 Å². The second-order valence-electron chi connectivity index (χ2n) is 3.65. The molecule has 0 saturated carbocycles. The lowest BCUT2D eigenvalue weighted by atomic mass is 10.1. The molecule has 0 fully saturated rings. The molecule has 0 aliphatic heterocycles. The van der Waals surface area contributed by atoms with E-state index in [1.54, 1.807) is 24.3 Å². The summed E-state index contributed by atoms with van der Waals surface area (Å²) in [5.41, 5.74) is 0.127. The minimum Gasteiger partial charge on any atom is -0.348 e. The predicted molar refractivity (Wildman–Crippen MR) is 65.7 cm³/mol. The van der Waals surface area contributed by atoms with Crippen molar-refractivity contribution in [3.05, 3.63) is 50.1 Å². The molecule has 0 amide bonds. The third-order valence-corrected chi connectivity index (χ3v) is 2.73. The molecule has 0 unspecified atom stereocenters. The lowest BCUT2D eigenvalue weighted by Gasteiger charge is -1.96. The number of benzene rings is 1. The quantitative estimate of drug-likeness (QED) is 0.696. The molecule has 7 heteroatoms. The van der Waals surface area contributed by atoms with E-state index >= 15 is 0 Å². The highest BCUT2D eigenvalue weighted by Crippen LogP contribution is 2.24. The minimum atomic E-state index is -0.610. The van der Waals surface area contributed by atoms with Crippen LogP contribution in [0.4, 0.5) is 0 Å². The predicted octanol–water partition coefficient (Wildman–Crippen LogP) is 1.52. The summed E-state index contributed by atoms with van der Waals surface area (Å²) in [5.74, 6) is 0. The number of aromatic amines is 2. The minimum absolute atomic E-state index is 0.0143. The molecule has 0 saturated heterocycles. The highest BCUT2D eigenvalue weighted by atomic mass is 35.5. The molecule has 0 atom stereocenters. The van der Waals surface area contributed by atoms with Gasteiger partial charge in [0.2, 0.25) is 5.58 Å². The maximum atomic E-state index is 11.5. The van der Waals surface area contributed by atoms with Crippen LogP contribution in [-0.4, -0.2) is 15.1 Å². The topological polar surface area (TPSA) is 91.8 Å². The van der Waals surface area contributed by atoms with Gasteiger partial charge in [-0.05, 0) is 12.1 Å². The molecule has 2 N–H and O–H groups in total. The summed E-state index contributed by atoms with van der Waals surface area (Å²) in [6, 6.07) is 6.81. The van der Waals surface area contributed by atoms with Gasteiger partial charge in [0.15, 0.2) is 0 Å². The van der Waals surface area contributed by atoms with Crippen molar-refractivity contribution >= 4 is 22.7 Å². The van der Waals surface area contributed by atoms with Crippen LogP contribution in [0.1, 0.15) is 0 Å². The zero-order chi connectivity index (χ0) is 12.7. The van der Waals surface area contributed by atoms with Crippen LogP contribution in [0, 0.1) is 0 Å². The maximum absolute atomic E-state index is 11.5. The van der Waals surface area contributed by atoms with Gasteiger partial charge in [0.25, 0.3) is 5.56 Å². The summed E-state index contributed by atoms with van der Waals surface area (Å²) in [6.45, 7) is 0. The molecule has 6 nitrogen and oxygen atoms in total. The van der Waals surface area contributed by atoms with Crippen molar-refractivity contribution in [2.24, 2.45) is 0 Å². The van der Waals surface area contributed by atoms with Gasteiger partial charge in [0, 0.05) is 10.6 Å². The zero-order valence-corrected chi connectivity index (χ0v) is 9.62. The fraction of sp³-hybridized carbons (Fsp3) is 0. The van der Waals surface area contributed by atoms with Gasteiger partial charge in [0.05, 0.1) is 0 Å². The van der Waals surface area contributed by atoms with Crippen molar-refractivity contribution in [1.82, 2.24) is 15.1 Å². The molecular formula is C11H6ClN3O3. The maximum Gasteiger partial charge on any atom is 0.326 e. The van der Waals surface area contributed by atoms with E-state index in [2.05, 4.69) is 15.1 Å². The van der Waals surface area contributed by atoms with Crippen molar-refractivity contribution in [3.8, 4) is 11.3 Å². The first-order valence-corrected chi connectivity index (χ1v) is 5.41. The lowest BCUT2D eigenvalue weighted by Crippen LogP contribution is -2.21. The molecule has 18 heavy (non-hydrogen) atoms. The third-order valence-electron chi connectivity index (χ3n) is 2.48. The molecule has 1 aromatic carbocycles. The number of rotatable bonds is 1. The van der Waals surface area contributed by atoms with Gasteiger partial charge in [-0.1, -0.05) is 28.9 Å². The number of fused-ring (bicyclic) bond motifs is 1. The van der Waals surface area contributed by atoms with Crippen molar-refractivity contribution in [2.75, 3.05) is 0 Å². The monoisotopic (exact) mass is 263 g/mol. The van der Waals surface area contributed by atoms with Gasteiger partial charge in [0.1, 0.15) is 11.2 Å². The molecule has 90 valence electrons. The number of aromatic nitrogens is 3. The Labute approximate surface area is 104 Å². The SMILES string of the molecule is O=c1[nH]c(=O)c2onc(-c3ccc(Cl)cc3)c2[nH]1. The Bertz CT molecular complexity index is 829. The van der Waals surface area contributed by atoms with Gasteiger partial charge in [-0.2, -0.15) is 0 Å². The number of hydrogen-bond donors (Lipinski definition) is 2. The van der Waals surface area contributed by atoms with Crippen LogP contribution in [0.2, 0.25) is 5.02 Å². The average molecular weight is 264 g/mol. The Kier molecular flexibility index (Phi) is 2.31. The standard InChI is InChI=1S/C11H6ClN3O3/c12-6-3-1-5(2-4-6)7-8-9(18-15-7)10(16)14-11(17)13-8/h1-4H,(H2,13,14,16,17). The van der Waals surface area contributed by atoms with Crippen molar-refractivity contribution < 1.29 is 4.52 Å². The van der Waals surface area contributed by atoms with E-state index in [1.165, 1.54) is 0 Å². The van der Waals surface area contributed by atoms with E-state index in [9.17, 15) is 9.59 Å². The van der Waals surface area contributed by atoms with Crippen LogP contribution in [0.15, 0.2) is 38.4 Å². The lowest BCUT2D eigenvalue weighted by molar-refractivity contribution is 0.456. The molecule has 0 bridgehead atoms. The molecule has 3 rings (SSSR count). The largest absolute Gasteiger partial charge is 0.348 e. The van der Waals surface area contributed by atoms with Gasteiger partial charge >= 0.3 is 5.69 Å². The summed E-state index contributed by atoms with van der Waals surface area (Å²) in [5, 5.41) is 4.37. The molecular weight excluding hydrogens is 258 g/mol. The highest BCUT2D eigenvalue weighted by molar-refractivity contribution is 6.30. The number of nitrogens with zero attached hydrogens (tertiary/aromatic N) is 1. The number of nitrogens with one attached hydrogen (secondary N) is 2. The Balaban J connectivity index is 2.33. The molecule has 0 aliphatic carbocycles. The Hall–Kier alpha value is -2.34. The van der Waals surface area contributed by atoms with Crippen LogP contribution in [0.3, 0.4) is 0 Å². The molecule has 0 radical (unpaired) electrons. The normalized spacial score (nSPS) is 10.9. The van der Waals surface area contributed by atoms with Crippen molar-refractivity contribution in [2.45, 2.75) is 0 Å².